The highest BCUT2D eigenvalue weighted by Gasteiger charge is 2.16. The van der Waals surface area contributed by atoms with Crippen molar-refractivity contribution in [1.82, 2.24) is 14.8 Å². The van der Waals surface area contributed by atoms with Gasteiger partial charge in [-0.1, -0.05) is 42.0 Å². The van der Waals surface area contributed by atoms with Crippen LogP contribution in [-0.2, 0) is 6.54 Å². The van der Waals surface area contributed by atoms with E-state index in [9.17, 15) is 4.79 Å². The average Bonchev–Trinajstić information content (AvgIpc) is 2.74. The molecule has 0 radical (unpaired) electrons. The Morgan fingerprint density at radius 3 is 2.47 bits per heavy atom. The molecule has 1 aliphatic heterocycles. The van der Waals surface area contributed by atoms with Gasteiger partial charge in [0.25, 0.3) is 0 Å². The molecule has 1 aliphatic rings. The average molecular weight is 406 g/mol. The second-order valence-electron chi connectivity index (χ2n) is 8.30. The number of benzene rings is 2. The molecule has 0 unspecified atom stereocenters. The number of aromatic nitrogens is 1. The summed E-state index contributed by atoms with van der Waals surface area (Å²) in [5, 5.41) is 1.04. The third-order valence-corrected chi connectivity index (χ3v) is 5.91. The minimum atomic E-state index is -0.0837. The van der Waals surface area contributed by atoms with E-state index in [1.807, 2.05) is 25.1 Å². The first-order valence-electron chi connectivity index (χ1n) is 10.8. The highest BCUT2D eigenvalue weighted by molar-refractivity contribution is 5.86. The zero-order chi connectivity index (χ0) is 20.9. The monoisotopic (exact) mass is 405 g/mol. The Bertz CT molecular complexity index is 1030. The molecule has 3 aromatic rings. The van der Waals surface area contributed by atoms with Crippen molar-refractivity contribution in [3.05, 3.63) is 75.6 Å². The van der Waals surface area contributed by atoms with Crippen LogP contribution in [0.2, 0.25) is 0 Å². The zero-order valence-electron chi connectivity index (χ0n) is 18.0. The third-order valence-electron chi connectivity index (χ3n) is 5.91. The number of aromatic amines is 1. The standard InChI is InChI=1S/C25H31N3O2/c1-19-7-9-21(10-8-19)18-28-14-12-27(13-15-28)11-4-16-30-23-6-3-5-22-20(2)17-24(29)26-25(22)23/h3,5-10,17H,4,11-16,18H2,1-2H3,(H,26,29). The maximum Gasteiger partial charge on any atom is 0.248 e. The van der Waals surface area contributed by atoms with Gasteiger partial charge in [0.1, 0.15) is 5.75 Å². The summed E-state index contributed by atoms with van der Waals surface area (Å²) in [5.41, 5.74) is 4.40. The first-order chi connectivity index (χ1) is 14.6. The summed E-state index contributed by atoms with van der Waals surface area (Å²) in [6, 6.07) is 16.4. The van der Waals surface area contributed by atoms with Gasteiger partial charge in [-0.2, -0.15) is 0 Å². The van der Waals surface area contributed by atoms with Gasteiger partial charge in [0.05, 0.1) is 12.1 Å². The molecule has 4 rings (SSSR count). The van der Waals surface area contributed by atoms with E-state index in [2.05, 4.69) is 46.0 Å². The van der Waals surface area contributed by atoms with Gasteiger partial charge >= 0.3 is 0 Å². The molecular weight excluding hydrogens is 374 g/mol. The van der Waals surface area contributed by atoms with Crippen LogP contribution in [0.1, 0.15) is 23.1 Å². The van der Waals surface area contributed by atoms with E-state index in [1.54, 1.807) is 6.07 Å². The fraction of sp³-hybridized carbons (Fsp3) is 0.400. The van der Waals surface area contributed by atoms with Crippen LogP contribution >= 0.6 is 0 Å². The Balaban J connectivity index is 1.22. The van der Waals surface area contributed by atoms with E-state index in [-0.39, 0.29) is 5.56 Å². The summed E-state index contributed by atoms with van der Waals surface area (Å²) in [4.78, 5) is 19.8. The fourth-order valence-electron chi connectivity index (χ4n) is 4.14. The van der Waals surface area contributed by atoms with Gasteiger partial charge in [0.15, 0.2) is 0 Å². The number of hydrogen-bond acceptors (Lipinski definition) is 4. The van der Waals surface area contributed by atoms with Crippen molar-refractivity contribution in [2.45, 2.75) is 26.8 Å². The van der Waals surface area contributed by atoms with Gasteiger partial charge in [0, 0.05) is 50.7 Å². The van der Waals surface area contributed by atoms with E-state index in [1.165, 1.54) is 11.1 Å². The van der Waals surface area contributed by atoms with Gasteiger partial charge in [-0.15, -0.1) is 0 Å². The smallest absolute Gasteiger partial charge is 0.248 e. The summed E-state index contributed by atoms with van der Waals surface area (Å²) < 4.78 is 6.02. The van der Waals surface area contributed by atoms with Crippen LogP contribution < -0.4 is 10.3 Å². The molecule has 158 valence electrons. The lowest BCUT2D eigenvalue weighted by Gasteiger charge is -2.34. The van der Waals surface area contributed by atoms with Crippen LogP contribution in [0.4, 0.5) is 0 Å². The SMILES string of the molecule is Cc1ccc(CN2CCN(CCCOc3cccc4c(C)cc(=O)[nH]c34)CC2)cc1. The van der Waals surface area contributed by atoms with Crippen LogP contribution in [0.5, 0.6) is 5.75 Å². The number of H-pyrrole nitrogens is 1. The molecule has 0 atom stereocenters. The minimum Gasteiger partial charge on any atom is -0.491 e. The molecule has 0 bridgehead atoms. The summed E-state index contributed by atoms with van der Waals surface area (Å²) in [5.74, 6) is 0.760. The van der Waals surface area contributed by atoms with Crippen LogP contribution in [0, 0.1) is 13.8 Å². The van der Waals surface area contributed by atoms with Crippen molar-refractivity contribution < 1.29 is 4.74 Å². The highest BCUT2D eigenvalue weighted by atomic mass is 16.5. The van der Waals surface area contributed by atoms with Crippen molar-refractivity contribution in [2.75, 3.05) is 39.3 Å². The fourth-order valence-corrected chi connectivity index (χ4v) is 4.14. The third kappa shape index (κ3) is 5.10. The van der Waals surface area contributed by atoms with E-state index in [0.29, 0.717) is 6.61 Å². The molecular formula is C25H31N3O2. The lowest BCUT2D eigenvalue weighted by atomic mass is 10.1. The van der Waals surface area contributed by atoms with E-state index in [0.717, 1.165) is 67.9 Å². The van der Waals surface area contributed by atoms with Crippen LogP contribution in [-0.4, -0.2) is 54.1 Å². The number of pyridine rings is 1. The molecule has 1 aromatic heterocycles. The molecule has 2 aromatic carbocycles. The largest absolute Gasteiger partial charge is 0.491 e. The maximum absolute atomic E-state index is 11.8. The number of nitrogens with zero attached hydrogens (tertiary/aromatic N) is 2. The maximum atomic E-state index is 11.8. The van der Waals surface area contributed by atoms with E-state index >= 15 is 0 Å². The number of piperazine rings is 1. The highest BCUT2D eigenvalue weighted by Crippen LogP contribution is 2.24. The summed E-state index contributed by atoms with van der Waals surface area (Å²) in [6.07, 6.45) is 0.977. The molecule has 1 N–H and O–H groups in total. The molecule has 2 heterocycles. The second-order valence-corrected chi connectivity index (χ2v) is 8.30. The van der Waals surface area contributed by atoms with Gasteiger partial charge in [-0.3, -0.25) is 9.69 Å². The quantitative estimate of drug-likeness (QED) is 0.609. The first-order valence-corrected chi connectivity index (χ1v) is 10.8. The number of para-hydroxylation sites is 1. The molecule has 5 heteroatoms. The van der Waals surface area contributed by atoms with Gasteiger partial charge in [-0.25, -0.2) is 0 Å². The number of hydrogen-bond donors (Lipinski definition) is 1. The number of nitrogens with one attached hydrogen (secondary N) is 1. The zero-order valence-corrected chi connectivity index (χ0v) is 18.0. The molecule has 0 spiro atoms. The van der Waals surface area contributed by atoms with Crippen molar-refractivity contribution in [2.24, 2.45) is 0 Å². The minimum absolute atomic E-state index is 0.0837. The normalized spacial score (nSPS) is 15.5. The van der Waals surface area contributed by atoms with Crippen molar-refractivity contribution in [3.8, 4) is 5.75 Å². The van der Waals surface area contributed by atoms with Gasteiger partial charge < -0.3 is 14.6 Å². The van der Waals surface area contributed by atoms with Gasteiger partial charge in [0.2, 0.25) is 5.56 Å². The molecule has 30 heavy (non-hydrogen) atoms. The Labute approximate surface area is 178 Å². The second kappa shape index (κ2) is 9.45. The number of aryl methyl sites for hydroxylation is 2. The lowest BCUT2D eigenvalue weighted by molar-refractivity contribution is 0.121. The Morgan fingerprint density at radius 1 is 0.967 bits per heavy atom. The summed E-state index contributed by atoms with van der Waals surface area (Å²) >= 11 is 0. The molecule has 1 saturated heterocycles. The summed E-state index contributed by atoms with van der Waals surface area (Å²) in [7, 11) is 0. The summed E-state index contributed by atoms with van der Waals surface area (Å²) in [6.45, 7) is 11.2. The van der Waals surface area contributed by atoms with E-state index in [4.69, 9.17) is 4.74 Å². The first kappa shape index (κ1) is 20.6. The van der Waals surface area contributed by atoms with Crippen LogP contribution in [0.3, 0.4) is 0 Å². The Hall–Kier alpha value is -2.63. The van der Waals surface area contributed by atoms with E-state index < -0.39 is 0 Å². The predicted octanol–water partition coefficient (Wildman–Crippen LogP) is 3.73. The Kier molecular flexibility index (Phi) is 6.50. The number of ether oxygens (including phenoxy) is 1. The van der Waals surface area contributed by atoms with Crippen molar-refractivity contribution in [3.63, 3.8) is 0 Å². The van der Waals surface area contributed by atoms with Gasteiger partial charge in [-0.05, 0) is 37.5 Å². The van der Waals surface area contributed by atoms with Crippen molar-refractivity contribution >= 4 is 10.9 Å². The molecule has 0 amide bonds. The Morgan fingerprint density at radius 2 is 1.70 bits per heavy atom. The topological polar surface area (TPSA) is 48.6 Å². The number of rotatable bonds is 7. The molecule has 0 aliphatic carbocycles. The molecule has 0 saturated carbocycles. The van der Waals surface area contributed by atoms with Crippen LogP contribution in [0.25, 0.3) is 10.9 Å². The van der Waals surface area contributed by atoms with Crippen molar-refractivity contribution in [1.29, 1.82) is 0 Å². The van der Waals surface area contributed by atoms with Crippen LogP contribution in [0.15, 0.2) is 53.3 Å². The number of fused-ring (bicyclic) bond motifs is 1. The molecule has 1 fully saturated rings. The predicted molar refractivity (Wildman–Crippen MR) is 122 cm³/mol. The lowest BCUT2D eigenvalue weighted by Crippen LogP contribution is -2.46. The molecule has 5 nitrogen and oxygen atoms in total.